The lowest BCUT2D eigenvalue weighted by Crippen LogP contribution is -2.33. The minimum absolute atomic E-state index is 0.173. The van der Waals surface area contributed by atoms with Crippen LogP contribution < -0.4 is 9.62 Å². The molecule has 0 aromatic heterocycles. The number of benzene rings is 2. The molecule has 30 heavy (non-hydrogen) atoms. The number of rotatable bonds is 9. The van der Waals surface area contributed by atoms with Gasteiger partial charge in [-0.3, -0.25) is 9.10 Å². The number of carbonyl (C=O) groups is 1. The first-order chi connectivity index (χ1) is 14.5. The summed E-state index contributed by atoms with van der Waals surface area (Å²) < 4.78 is 27.4. The molecule has 0 bridgehead atoms. The first-order valence-electron chi connectivity index (χ1n) is 10.7. The van der Waals surface area contributed by atoms with Crippen LogP contribution in [0.15, 0.2) is 59.5 Å². The molecule has 162 valence electrons. The van der Waals surface area contributed by atoms with Crippen LogP contribution in [-0.4, -0.2) is 51.9 Å². The minimum Gasteiger partial charge on any atom is -0.352 e. The van der Waals surface area contributed by atoms with Gasteiger partial charge in [0.1, 0.15) is 0 Å². The Balaban J connectivity index is 1.57. The van der Waals surface area contributed by atoms with Gasteiger partial charge in [-0.2, -0.15) is 0 Å². The van der Waals surface area contributed by atoms with E-state index in [-0.39, 0.29) is 10.8 Å². The monoisotopic (exact) mass is 429 g/mol. The van der Waals surface area contributed by atoms with Crippen molar-refractivity contribution in [2.75, 3.05) is 37.0 Å². The first-order valence-corrected chi connectivity index (χ1v) is 12.1. The second-order valence-corrected chi connectivity index (χ2v) is 9.40. The van der Waals surface area contributed by atoms with Crippen molar-refractivity contribution in [1.82, 2.24) is 10.2 Å². The van der Waals surface area contributed by atoms with Crippen molar-refractivity contribution in [2.45, 2.75) is 37.5 Å². The van der Waals surface area contributed by atoms with Gasteiger partial charge in [0.25, 0.3) is 15.9 Å². The third kappa shape index (κ3) is 5.61. The molecule has 0 aliphatic carbocycles. The zero-order valence-corrected chi connectivity index (χ0v) is 18.4. The van der Waals surface area contributed by atoms with E-state index >= 15 is 0 Å². The summed E-state index contributed by atoms with van der Waals surface area (Å²) in [7, 11) is -3.68. The molecule has 1 fully saturated rings. The van der Waals surface area contributed by atoms with E-state index in [2.05, 4.69) is 10.2 Å². The van der Waals surface area contributed by atoms with Crippen molar-refractivity contribution in [3.8, 4) is 0 Å². The number of sulfonamides is 1. The number of hydrogen-bond acceptors (Lipinski definition) is 4. The van der Waals surface area contributed by atoms with Crippen molar-refractivity contribution in [3.63, 3.8) is 0 Å². The number of nitrogens with zero attached hydrogens (tertiary/aromatic N) is 2. The molecule has 2 aromatic carbocycles. The Morgan fingerprint density at radius 3 is 2.30 bits per heavy atom. The number of carbonyl (C=O) groups excluding carboxylic acids is 1. The topological polar surface area (TPSA) is 69.7 Å². The zero-order chi connectivity index (χ0) is 21.4. The van der Waals surface area contributed by atoms with Crippen LogP contribution in [0.25, 0.3) is 0 Å². The Morgan fingerprint density at radius 1 is 1.00 bits per heavy atom. The van der Waals surface area contributed by atoms with Crippen LogP contribution >= 0.6 is 0 Å². The molecule has 6 nitrogen and oxygen atoms in total. The second-order valence-electron chi connectivity index (χ2n) is 7.54. The number of piperidine rings is 1. The van der Waals surface area contributed by atoms with Crippen molar-refractivity contribution in [1.29, 1.82) is 0 Å². The molecule has 0 radical (unpaired) electrons. The highest BCUT2D eigenvalue weighted by atomic mass is 32.2. The fraction of sp³-hybridized carbons (Fsp3) is 0.435. The van der Waals surface area contributed by atoms with E-state index in [1.165, 1.54) is 35.7 Å². The predicted molar refractivity (Wildman–Crippen MR) is 120 cm³/mol. The van der Waals surface area contributed by atoms with Crippen LogP contribution in [0.3, 0.4) is 0 Å². The molecular formula is C23H31N3O3S. The molecule has 1 N–H and O–H groups in total. The molecule has 3 rings (SSSR count). The summed E-state index contributed by atoms with van der Waals surface area (Å²) in [5.41, 5.74) is 1.09. The maximum Gasteiger partial charge on any atom is 0.264 e. The third-order valence-electron chi connectivity index (χ3n) is 5.42. The molecule has 1 amide bonds. The van der Waals surface area contributed by atoms with Gasteiger partial charge in [0, 0.05) is 18.7 Å². The molecule has 1 heterocycles. The molecule has 1 saturated heterocycles. The lowest BCUT2D eigenvalue weighted by Gasteiger charge is -2.26. The predicted octanol–water partition coefficient (Wildman–Crippen LogP) is 3.51. The van der Waals surface area contributed by atoms with Crippen molar-refractivity contribution in [3.05, 3.63) is 60.2 Å². The summed E-state index contributed by atoms with van der Waals surface area (Å²) in [4.78, 5) is 15.0. The van der Waals surface area contributed by atoms with Crippen molar-refractivity contribution < 1.29 is 13.2 Å². The summed E-state index contributed by atoms with van der Waals surface area (Å²) in [5.74, 6) is -0.173. The average molecular weight is 430 g/mol. The Bertz CT molecular complexity index is 908. The summed E-state index contributed by atoms with van der Waals surface area (Å²) in [5, 5.41) is 2.93. The zero-order valence-electron chi connectivity index (χ0n) is 17.6. The molecular weight excluding hydrogens is 398 g/mol. The van der Waals surface area contributed by atoms with Crippen LogP contribution in [0.2, 0.25) is 0 Å². The minimum atomic E-state index is -3.68. The van der Waals surface area contributed by atoms with Gasteiger partial charge in [-0.25, -0.2) is 8.42 Å². The van der Waals surface area contributed by atoms with E-state index in [0.29, 0.717) is 24.3 Å². The highest BCUT2D eigenvalue weighted by Crippen LogP contribution is 2.23. The fourth-order valence-corrected chi connectivity index (χ4v) is 5.25. The largest absolute Gasteiger partial charge is 0.352 e. The standard InChI is InChI=1S/C23H31N3O3S/c1-2-26(21-10-5-3-6-11-21)30(28,29)22-14-12-20(13-15-22)23(27)24-16-9-19-25-17-7-4-8-18-25/h3,5-6,10-15H,2,4,7-9,16-19H2,1H3,(H,24,27). The lowest BCUT2D eigenvalue weighted by atomic mass is 10.1. The van der Waals surface area contributed by atoms with E-state index < -0.39 is 10.0 Å². The highest BCUT2D eigenvalue weighted by Gasteiger charge is 2.23. The SMILES string of the molecule is CCN(c1ccccc1)S(=O)(=O)c1ccc(C(=O)NCCCN2CCCCC2)cc1. The normalized spacial score (nSPS) is 15.0. The maximum absolute atomic E-state index is 13.0. The van der Waals surface area contributed by atoms with E-state index in [1.54, 1.807) is 31.2 Å². The maximum atomic E-state index is 13.0. The van der Waals surface area contributed by atoms with Gasteiger partial charge < -0.3 is 10.2 Å². The molecule has 1 aliphatic rings. The highest BCUT2D eigenvalue weighted by molar-refractivity contribution is 7.92. The molecule has 0 atom stereocenters. The van der Waals surface area contributed by atoms with Gasteiger partial charge in [0.15, 0.2) is 0 Å². The van der Waals surface area contributed by atoms with Crippen LogP contribution in [0.5, 0.6) is 0 Å². The van der Waals surface area contributed by atoms with Gasteiger partial charge >= 0.3 is 0 Å². The van der Waals surface area contributed by atoms with Crippen LogP contribution in [0, 0.1) is 0 Å². The Labute approximate surface area is 179 Å². The number of para-hydroxylation sites is 1. The molecule has 0 saturated carbocycles. The number of nitrogens with one attached hydrogen (secondary N) is 1. The molecule has 0 spiro atoms. The number of hydrogen-bond donors (Lipinski definition) is 1. The third-order valence-corrected chi connectivity index (χ3v) is 7.34. The molecule has 7 heteroatoms. The van der Waals surface area contributed by atoms with E-state index in [0.717, 1.165) is 26.1 Å². The van der Waals surface area contributed by atoms with E-state index in [4.69, 9.17) is 0 Å². The van der Waals surface area contributed by atoms with Gasteiger partial charge in [-0.05, 0) is 82.2 Å². The fourth-order valence-electron chi connectivity index (χ4n) is 3.78. The van der Waals surface area contributed by atoms with Crippen LogP contribution in [0.1, 0.15) is 43.0 Å². The Kier molecular flexibility index (Phi) is 7.87. The van der Waals surface area contributed by atoms with E-state index in [1.807, 2.05) is 18.2 Å². The number of anilines is 1. The van der Waals surface area contributed by atoms with Crippen LogP contribution in [0.4, 0.5) is 5.69 Å². The Morgan fingerprint density at radius 2 is 1.67 bits per heavy atom. The van der Waals surface area contributed by atoms with Crippen LogP contribution in [-0.2, 0) is 10.0 Å². The first kappa shape index (κ1) is 22.3. The lowest BCUT2D eigenvalue weighted by molar-refractivity contribution is 0.0951. The summed E-state index contributed by atoms with van der Waals surface area (Å²) >= 11 is 0. The number of likely N-dealkylation sites (tertiary alicyclic amines) is 1. The molecule has 1 aliphatic heterocycles. The second kappa shape index (κ2) is 10.6. The molecule has 2 aromatic rings. The number of amides is 1. The van der Waals surface area contributed by atoms with Gasteiger partial charge in [0.05, 0.1) is 10.6 Å². The van der Waals surface area contributed by atoms with Crippen molar-refractivity contribution in [2.24, 2.45) is 0 Å². The quantitative estimate of drug-likeness (QED) is 0.620. The smallest absolute Gasteiger partial charge is 0.264 e. The van der Waals surface area contributed by atoms with Gasteiger partial charge in [-0.15, -0.1) is 0 Å². The van der Waals surface area contributed by atoms with Gasteiger partial charge in [0.2, 0.25) is 0 Å². The van der Waals surface area contributed by atoms with Gasteiger partial charge in [-0.1, -0.05) is 24.6 Å². The molecule has 0 unspecified atom stereocenters. The van der Waals surface area contributed by atoms with E-state index in [9.17, 15) is 13.2 Å². The average Bonchev–Trinajstić information content (AvgIpc) is 2.78. The summed E-state index contributed by atoms with van der Waals surface area (Å²) in [6.07, 6.45) is 4.77. The summed E-state index contributed by atoms with van der Waals surface area (Å²) in [6, 6.07) is 15.2. The summed E-state index contributed by atoms with van der Waals surface area (Å²) in [6.45, 7) is 6.06. The van der Waals surface area contributed by atoms with Crippen molar-refractivity contribution >= 4 is 21.6 Å². The Hall–Kier alpha value is -2.38.